The quantitative estimate of drug-likeness (QED) is 0.863. The Morgan fingerprint density at radius 3 is 2.67 bits per heavy atom. The van der Waals surface area contributed by atoms with Gasteiger partial charge in [0.25, 0.3) is 5.91 Å². The normalized spacial score (nSPS) is 11.9. The van der Waals surface area contributed by atoms with Gasteiger partial charge >= 0.3 is 5.97 Å². The van der Waals surface area contributed by atoms with Crippen molar-refractivity contribution in [1.29, 1.82) is 0 Å². The molecule has 5 heteroatoms. The Bertz CT molecular complexity index is 460. The zero-order chi connectivity index (χ0) is 13.7. The number of carboxylic acids is 1. The van der Waals surface area contributed by atoms with E-state index in [0.29, 0.717) is 23.6 Å². The minimum atomic E-state index is -0.859. The summed E-state index contributed by atoms with van der Waals surface area (Å²) < 4.78 is 0. The van der Waals surface area contributed by atoms with Crippen molar-refractivity contribution < 1.29 is 14.7 Å². The summed E-state index contributed by atoms with van der Waals surface area (Å²) in [4.78, 5) is 22.3. The highest BCUT2D eigenvalue weighted by Gasteiger charge is 2.12. The molecule has 0 aliphatic rings. The van der Waals surface area contributed by atoms with E-state index in [2.05, 4.69) is 5.32 Å². The number of halogens is 1. The number of hydrogen-bond donors (Lipinski definition) is 2. The van der Waals surface area contributed by atoms with E-state index in [1.54, 1.807) is 25.1 Å². The zero-order valence-corrected chi connectivity index (χ0v) is 11.1. The van der Waals surface area contributed by atoms with Gasteiger partial charge in [0.15, 0.2) is 0 Å². The number of carbonyl (C=O) groups excluding carboxylic acids is 1. The summed E-state index contributed by atoms with van der Waals surface area (Å²) in [5.74, 6) is -1.57. The molecular formula is C13H16ClNO3. The number of nitrogens with one attached hydrogen (secondary N) is 1. The third-order valence-electron chi connectivity index (χ3n) is 2.72. The number of carbonyl (C=O) groups is 2. The number of hydrogen-bond acceptors (Lipinski definition) is 2. The standard InChI is InChI=1S/C13H16ClNO3/c1-8-3-4-10(7-11(8)14)12(16)15-6-5-9(2)13(17)18/h3-4,7,9H,5-6H2,1-2H3,(H,15,16)(H,17,18). The smallest absolute Gasteiger partial charge is 0.306 e. The van der Waals surface area contributed by atoms with Gasteiger partial charge in [0.1, 0.15) is 0 Å². The molecule has 0 radical (unpaired) electrons. The molecule has 4 nitrogen and oxygen atoms in total. The number of benzene rings is 1. The molecule has 1 rings (SSSR count). The SMILES string of the molecule is Cc1ccc(C(=O)NCCC(C)C(=O)O)cc1Cl. The van der Waals surface area contributed by atoms with Gasteiger partial charge in [-0.3, -0.25) is 9.59 Å². The summed E-state index contributed by atoms with van der Waals surface area (Å²) in [7, 11) is 0. The van der Waals surface area contributed by atoms with Crippen molar-refractivity contribution in [2.75, 3.05) is 6.54 Å². The average molecular weight is 270 g/mol. The first kappa shape index (κ1) is 14.5. The molecule has 1 unspecified atom stereocenters. The van der Waals surface area contributed by atoms with E-state index in [4.69, 9.17) is 16.7 Å². The Morgan fingerprint density at radius 1 is 1.44 bits per heavy atom. The molecule has 0 fully saturated rings. The lowest BCUT2D eigenvalue weighted by Crippen LogP contribution is -2.27. The van der Waals surface area contributed by atoms with E-state index in [9.17, 15) is 9.59 Å². The molecule has 1 aromatic carbocycles. The molecule has 0 heterocycles. The first-order valence-corrected chi connectivity index (χ1v) is 6.06. The maximum Gasteiger partial charge on any atom is 0.306 e. The van der Waals surface area contributed by atoms with Gasteiger partial charge in [0.2, 0.25) is 0 Å². The second-order valence-electron chi connectivity index (χ2n) is 4.25. The molecule has 1 atom stereocenters. The van der Waals surface area contributed by atoms with Crippen LogP contribution in [0.15, 0.2) is 18.2 Å². The highest BCUT2D eigenvalue weighted by atomic mass is 35.5. The molecule has 0 spiro atoms. The minimum Gasteiger partial charge on any atom is -0.481 e. The van der Waals surface area contributed by atoms with E-state index in [1.807, 2.05) is 6.92 Å². The van der Waals surface area contributed by atoms with Crippen LogP contribution in [-0.2, 0) is 4.79 Å². The van der Waals surface area contributed by atoms with Crippen molar-refractivity contribution in [3.63, 3.8) is 0 Å². The molecule has 0 saturated carbocycles. The van der Waals surface area contributed by atoms with Crippen LogP contribution >= 0.6 is 11.6 Å². The topological polar surface area (TPSA) is 66.4 Å². The minimum absolute atomic E-state index is 0.241. The molecule has 98 valence electrons. The summed E-state index contributed by atoms with van der Waals surface area (Å²) in [5.41, 5.74) is 1.39. The Balaban J connectivity index is 2.50. The van der Waals surface area contributed by atoms with Crippen LogP contribution < -0.4 is 5.32 Å². The van der Waals surface area contributed by atoms with Gasteiger partial charge in [-0.2, -0.15) is 0 Å². The van der Waals surface area contributed by atoms with Crippen LogP contribution in [0, 0.1) is 12.8 Å². The molecule has 18 heavy (non-hydrogen) atoms. The third-order valence-corrected chi connectivity index (χ3v) is 3.13. The van der Waals surface area contributed by atoms with Crippen LogP contribution in [-0.4, -0.2) is 23.5 Å². The van der Waals surface area contributed by atoms with Gasteiger partial charge in [0.05, 0.1) is 5.92 Å². The van der Waals surface area contributed by atoms with Gasteiger partial charge in [-0.25, -0.2) is 0 Å². The average Bonchev–Trinajstić information content (AvgIpc) is 2.32. The van der Waals surface area contributed by atoms with Crippen LogP contribution in [0.4, 0.5) is 0 Å². The summed E-state index contributed by atoms with van der Waals surface area (Å²) in [6.45, 7) is 3.80. The van der Waals surface area contributed by atoms with Crippen molar-refractivity contribution >= 4 is 23.5 Å². The fourth-order valence-electron chi connectivity index (χ4n) is 1.36. The van der Waals surface area contributed by atoms with Crippen molar-refractivity contribution in [2.45, 2.75) is 20.3 Å². The van der Waals surface area contributed by atoms with Crippen LogP contribution in [0.2, 0.25) is 5.02 Å². The Hall–Kier alpha value is -1.55. The summed E-state index contributed by atoms with van der Waals surface area (Å²) >= 11 is 5.93. The molecular weight excluding hydrogens is 254 g/mol. The summed E-state index contributed by atoms with van der Waals surface area (Å²) in [6.07, 6.45) is 0.403. The van der Waals surface area contributed by atoms with Crippen LogP contribution in [0.1, 0.15) is 29.3 Å². The predicted octanol–water partition coefficient (Wildman–Crippen LogP) is 2.49. The third kappa shape index (κ3) is 4.04. The number of amides is 1. The Labute approximate surface area is 111 Å². The number of aliphatic carboxylic acids is 1. The molecule has 0 aliphatic carbocycles. The van der Waals surface area contributed by atoms with Crippen LogP contribution in [0.5, 0.6) is 0 Å². The fourth-order valence-corrected chi connectivity index (χ4v) is 1.54. The zero-order valence-electron chi connectivity index (χ0n) is 10.4. The largest absolute Gasteiger partial charge is 0.481 e. The lowest BCUT2D eigenvalue weighted by Gasteiger charge is -2.08. The molecule has 0 aromatic heterocycles. The molecule has 0 aliphatic heterocycles. The molecule has 0 saturated heterocycles. The summed E-state index contributed by atoms with van der Waals surface area (Å²) in [5, 5.41) is 11.9. The molecule has 0 bridgehead atoms. The lowest BCUT2D eigenvalue weighted by molar-refractivity contribution is -0.141. The van der Waals surface area contributed by atoms with Crippen LogP contribution in [0.25, 0.3) is 0 Å². The van der Waals surface area contributed by atoms with E-state index >= 15 is 0 Å². The number of aryl methyl sites for hydroxylation is 1. The van der Waals surface area contributed by atoms with Gasteiger partial charge in [0, 0.05) is 17.1 Å². The highest BCUT2D eigenvalue weighted by molar-refractivity contribution is 6.31. The van der Waals surface area contributed by atoms with Crippen LogP contribution in [0.3, 0.4) is 0 Å². The number of rotatable bonds is 5. The number of carboxylic acid groups (broad SMARTS) is 1. The monoisotopic (exact) mass is 269 g/mol. The maximum absolute atomic E-state index is 11.7. The second kappa shape index (κ2) is 6.40. The van der Waals surface area contributed by atoms with Gasteiger partial charge in [-0.1, -0.05) is 24.6 Å². The Kier molecular flexibility index (Phi) is 5.16. The van der Waals surface area contributed by atoms with Gasteiger partial charge in [-0.05, 0) is 31.0 Å². The maximum atomic E-state index is 11.7. The lowest BCUT2D eigenvalue weighted by atomic mass is 10.1. The molecule has 1 amide bonds. The Morgan fingerprint density at radius 2 is 2.11 bits per heavy atom. The first-order valence-electron chi connectivity index (χ1n) is 5.69. The summed E-state index contributed by atoms with van der Waals surface area (Å²) in [6, 6.07) is 5.07. The van der Waals surface area contributed by atoms with E-state index in [1.165, 1.54) is 0 Å². The molecule has 2 N–H and O–H groups in total. The molecule has 1 aromatic rings. The van der Waals surface area contributed by atoms with Gasteiger partial charge in [-0.15, -0.1) is 0 Å². The van der Waals surface area contributed by atoms with Crippen molar-refractivity contribution in [3.8, 4) is 0 Å². The fraction of sp³-hybridized carbons (Fsp3) is 0.385. The van der Waals surface area contributed by atoms with Crippen molar-refractivity contribution in [3.05, 3.63) is 34.3 Å². The van der Waals surface area contributed by atoms with Crippen molar-refractivity contribution in [1.82, 2.24) is 5.32 Å². The second-order valence-corrected chi connectivity index (χ2v) is 4.66. The highest BCUT2D eigenvalue weighted by Crippen LogP contribution is 2.16. The van der Waals surface area contributed by atoms with E-state index in [-0.39, 0.29) is 5.91 Å². The predicted molar refractivity (Wildman–Crippen MR) is 69.9 cm³/mol. The van der Waals surface area contributed by atoms with Crippen molar-refractivity contribution in [2.24, 2.45) is 5.92 Å². The van der Waals surface area contributed by atoms with E-state index in [0.717, 1.165) is 5.56 Å². The van der Waals surface area contributed by atoms with Gasteiger partial charge < -0.3 is 10.4 Å². The first-order chi connectivity index (χ1) is 8.41. The van der Waals surface area contributed by atoms with E-state index < -0.39 is 11.9 Å².